The van der Waals surface area contributed by atoms with Gasteiger partial charge in [-0.3, -0.25) is 4.79 Å². The van der Waals surface area contributed by atoms with Gasteiger partial charge < -0.3 is 10.2 Å². The zero-order chi connectivity index (χ0) is 10.8. The van der Waals surface area contributed by atoms with Gasteiger partial charge in [-0.05, 0) is 26.0 Å². The summed E-state index contributed by atoms with van der Waals surface area (Å²) in [5.74, 6) is 0.320. The third kappa shape index (κ3) is 3.05. The SMILES string of the molecule is CSC(C)C(=O)N1CC2CCCC(C1)N2.Cl. The van der Waals surface area contributed by atoms with Crippen LogP contribution < -0.4 is 5.32 Å². The highest BCUT2D eigenvalue weighted by atomic mass is 35.5. The molecule has 3 unspecified atom stereocenters. The van der Waals surface area contributed by atoms with Crippen molar-refractivity contribution in [3.8, 4) is 0 Å². The first-order chi connectivity index (χ1) is 7.20. The zero-order valence-electron chi connectivity index (χ0n) is 9.94. The van der Waals surface area contributed by atoms with Crippen LogP contribution in [0.2, 0.25) is 0 Å². The van der Waals surface area contributed by atoms with Crippen molar-refractivity contribution in [3.63, 3.8) is 0 Å². The summed E-state index contributed by atoms with van der Waals surface area (Å²) in [7, 11) is 0. The van der Waals surface area contributed by atoms with Gasteiger partial charge in [-0.2, -0.15) is 11.8 Å². The number of nitrogens with zero attached hydrogens (tertiary/aromatic N) is 1. The highest BCUT2D eigenvalue weighted by molar-refractivity contribution is 7.99. The number of likely N-dealkylation sites (tertiary alicyclic amines) is 1. The molecule has 2 heterocycles. The number of hydrogen-bond donors (Lipinski definition) is 1. The minimum Gasteiger partial charge on any atom is -0.339 e. The Labute approximate surface area is 108 Å². The summed E-state index contributed by atoms with van der Waals surface area (Å²) >= 11 is 1.64. The molecule has 0 saturated carbocycles. The van der Waals surface area contributed by atoms with Crippen molar-refractivity contribution in [2.45, 2.75) is 43.5 Å². The van der Waals surface area contributed by atoms with Gasteiger partial charge in [0.15, 0.2) is 0 Å². The molecule has 2 aliphatic heterocycles. The molecule has 2 saturated heterocycles. The average molecular weight is 265 g/mol. The summed E-state index contributed by atoms with van der Waals surface area (Å²) in [6.45, 7) is 3.84. The maximum atomic E-state index is 12.0. The maximum absolute atomic E-state index is 12.0. The monoisotopic (exact) mass is 264 g/mol. The molecule has 2 aliphatic rings. The van der Waals surface area contributed by atoms with Gasteiger partial charge in [0, 0.05) is 25.2 Å². The highest BCUT2D eigenvalue weighted by Crippen LogP contribution is 2.21. The van der Waals surface area contributed by atoms with Crippen molar-refractivity contribution in [1.29, 1.82) is 0 Å². The molecule has 0 aromatic carbocycles. The summed E-state index contributed by atoms with van der Waals surface area (Å²) < 4.78 is 0. The number of nitrogens with one attached hydrogen (secondary N) is 1. The van der Waals surface area contributed by atoms with Crippen molar-refractivity contribution in [1.82, 2.24) is 10.2 Å². The Bertz CT molecular complexity index is 240. The first-order valence-electron chi connectivity index (χ1n) is 5.78. The van der Waals surface area contributed by atoms with Crippen LogP contribution in [-0.4, -0.2) is 47.5 Å². The second-order valence-corrected chi connectivity index (χ2v) is 5.79. The predicted octanol–water partition coefficient (Wildman–Crippen LogP) is 1.51. The number of rotatable bonds is 2. The minimum absolute atomic E-state index is 0. The summed E-state index contributed by atoms with van der Waals surface area (Å²) in [6.07, 6.45) is 5.79. The number of carbonyl (C=O) groups excluding carboxylic acids is 1. The molecule has 0 aliphatic carbocycles. The fourth-order valence-electron chi connectivity index (χ4n) is 2.54. The maximum Gasteiger partial charge on any atom is 0.235 e. The van der Waals surface area contributed by atoms with Crippen molar-refractivity contribution in [2.24, 2.45) is 0 Å². The van der Waals surface area contributed by atoms with Crippen LogP contribution in [0.1, 0.15) is 26.2 Å². The van der Waals surface area contributed by atoms with Crippen LogP contribution in [0.15, 0.2) is 0 Å². The molecule has 5 heteroatoms. The summed E-state index contributed by atoms with van der Waals surface area (Å²) in [6, 6.07) is 1.10. The largest absolute Gasteiger partial charge is 0.339 e. The van der Waals surface area contributed by atoms with Gasteiger partial charge >= 0.3 is 0 Å². The molecule has 0 aromatic heterocycles. The Balaban J connectivity index is 0.00000128. The molecule has 1 amide bonds. The molecule has 2 rings (SSSR count). The van der Waals surface area contributed by atoms with E-state index in [-0.39, 0.29) is 17.7 Å². The predicted molar refractivity (Wildman–Crippen MR) is 71.4 cm³/mol. The van der Waals surface area contributed by atoms with Gasteiger partial charge in [-0.15, -0.1) is 12.4 Å². The Morgan fingerprint density at radius 3 is 2.44 bits per heavy atom. The fraction of sp³-hybridized carbons (Fsp3) is 0.909. The van der Waals surface area contributed by atoms with E-state index in [4.69, 9.17) is 0 Å². The van der Waals surface area contributed by atoms with Crippen molar-refractivity contribution in [2.75, 3.05) is 19.3 Å². The van der Waals surface area contributed by atoms with Gasteiger partial charge in [-0.1, -0.05) is 6.42 Å². The quantitative estimate of drug-likeness (QED) is 0.821. The molecule has 1 N–H and O–H groups in total. The van der Waals surface area contributed by atoms with Gasteiger partial charge in [0.05, 0.1) is 5.25 Å². The number of piperazine rings is 1. The van der Waals surface area contributed by atoms with Crippen molar-refractivity contribution in [3.05, 3.63) is 0 Å². The number of amides is 1. The first-order valence-corrected chi connectivity index (χ1v) is 7.07. The van der Waals surface area contributed by atoms with Crippen LogP contribution in [0, 0.1) is 0 Å². The van der Waals surface area contributed by atoms with Crippen LogP contribution in [-0.2, 0) is 4.79 Å². The van der Waals surface area contributed by atoms with E-state index < -0.39 is 0 Å². The Kier molecular flexibility index (Phi) is 5.41. The minimum atomic E-state index is 0. The van der Waals surface area contributed by atoms with E-state index in [1.807, 2.05) is 13.2 Å². The van der Waals surface area contributed by atoms with Gasteiger partial charge in [0.1, 0.15) is 0 Å². The van der Waals surface area contributed by atoms with Crippen molar-refractivity contribution < 1.29 is 4.79 Å². The lowest BCUT2D eigenvalue weighted by molar-refractivity contribution is -0.132. The molecule has 94 valence electrons. The van der Waals surface area contributed by atoms with Gasteiger partial charge in [0.25, 0.3) is 0 Å². The van der Waals surface area contributed by atoms with E-state index in [2.05, 4.69) is 10.2 Å². The number of thioether (sulfide) groups is 1. The van der Waals surface area contributed by atoms with E-state index in [0.29, 0.717) is 18.0 Å². The molecule has 16 heavy (non-hydrogen) atoms. The number of fused-ring (bicyclic) bond motifs is 2. The van der Waals surface area contributed by atoms with Crippen LogP contribution in [0.5, 0.6) is 0 Å². The van der Waals surface area contributed by atoms with Crippen molar-refractivity contribution >= 4 is 30.1 Å². The molecule has 0 radical (unpaired) electrons. The lowest BCUT2D eigenvalue weighted by Crippen LogP contribution is -2.60. The molecule has 2 bridgehead atoms. The number of piperidine rings is 1. The molecule has 0 aromatic rings. The zero-order valence-corrected chi connectivity index (χ0v) is 11.6. The van der Waals surface area contributed by atoms with E-state index >= 15 is 0 Å². The molecule has 3 atom stereocenters. The third-order valence-corrected chi connectivity index (χ3v) is 4.38. The summed E-state index contributed by atoms with van der Waals surface area (Å²) in [5.41, 5.74) is 0. The van der Waals surface area contributed by atoms with E-state index in [1.165, 1.54) is 19.3 Å². The Hall–Kier alpha value is 0.0700. The highest BCUT2D eigenvalue weighted by Gasteiger charge is 2.33. The van der Waals surface area contributed by atoms with Gasteiger partial charge in [0.2, 0.25) is 5.91 Å². The molecular formula is C11H21ClN2OS. The molecule has 3 nitrogen and oxygen atoms in total. The van der Waals surface area contributed by atoms with Crippen LogP contribution in [0.3, 0.4) is 0 Å². The van der Waals surface area contributed by atoms with E-state index in [0.717, 1.165) is 13.1 Å². The Morgan fingerprint density at radius 1 is 1.38 bits per heavy atom. The lowest BCUT2D eigenvalue weighted by Gasteiger charge is -2.43. The second kappa shape index (κ2) is 6.12. The van der Waals surface area contributed by atoms with Crippen LogP contribution in [0.25, 0.3) is 0 Å². The molecule has 2 fully saturated rings. The number of halogens is 1. The van der Waals surface area contributed by atoms with Crippen LogP contribution >= 0.6 is 24.2 Å². The summed E-state index contributed by atoms with van der Waals surface area (Å²) in [5, 5.41) is 3.71. The van der Waals surface area contributed by atoms with Gasteiger partial charge in [-0.25, -0.2) is 0 Å². The Morgan fingerprint density at radius 2 is 1.94 bits per heavy atom. The third-order valence-electron chi connectivity index (χ3n) is 3.47. The first kappa shape index (κ1) is 14.1. The normalized spacial score (nSPS) is 30.5. The summed E-state index contributed by atoms with van der Waals surface area (Å²) in [4.78, 5) is 14.1. The van der Waals surface area contributed by atoms with E-state index in [9.17, 15) is 4.79 Å². The fourth-order valence-corrected chi connectivity index (χ4v) is 2.89. The molecule has 0 spiro atoms. The average Bonchev–Trinajstić information content (AvgIpc) is 2.26. The molecular weight excluding hydrogens is 244 g/mol. The standard InChI is InChI=1S/C11H20N2OS.ClH/c1-8(15-2)11(14)13-6-9-4-3-5-10(7-13)12-9;/h8-10,12H,3-7H2,1-2H3;1H. The topological polar surface area (TPSA) is 32.3 Å². The van der Waals surface area contributed by atoms with E-state index in [1.54, 1.807) is 11.8 Å². The lowest BCUT2D eigenvalue weighted by atomic mass is 9.94. The number of carbonyl (C=O) groups is 1. The number of hydrogen-bond acceptors (Lipinski definition) is 3. The smallest absolute Gasteiger partial charge is 0.235 e. The second-order valence-electron chi connectivity index (χ2n) is 4.61. The van der Waals surface area contributed by atoms with Crippen LogP contribution in [0.4, 0.5) is 0 Å².